The average Bonchev–Trinajstić information content (AvgIpc) is 2.69. The van der Waals surface area contributed by atoms with Gasteiger partial charge < -0.3 is 5.73 Å². The van der Waals surface area contributed by atoms with E-state index in [0.717, 1.165) is 17.2 Å². The Morgan fingerprint density at radius 1 is 1.57 bits per heavy atom. The van der Waals surface area contributed by atoms with E-state index in [0.29, 0.717) is 11.8 Å². The number of nitrogens with zero attached hydrogens (tertiary/aromatic N) is 2. The lowest BCUT2D eigenvalue weighted by atomic mass is 10.2. The van der Waals surface area contributed by atoms with Gasteiger partial charge in [0.1, 0.15) is 5.82 Å². The molecule has 1 atom stereocenters. The first-order valence-corrected chi connectivity index (χ1v) is 6.00. The van der Waals surface area contributed by atoms with Crippen molar-refractivity contribution in [1.29, 1.82) is 0 Å². The maximum atomic E-state index is 5.59. The first-order chi connectivity index (χ1) is 6.79. The molecule has 1 aromatic heterocycles. The molecule has 0 spiro atoms. The first-order valence-electron chi connectivity index (χ1n) is 4.95. The minimum Gasteiger partial charge on any atom is -0.325 e. The zero-order valence-electron chi connectivity index (χ0n) is 8.36. The van der Waals surface area contributed by atoms with Gasteiger partial charge in [-0.25, -0.2) is 9.97 Å². The van der Waals surface area contributed by atoms with Gasteiger partial charge in [-0.1, -0.05) is 0 Å². The molecule has 0 amide bonds. The summed E-state index contributed by atoms with van der Waals surface area (Å²) in [5.41, 5.74) is 7.58. The van der Waals surface area contributed by atoms with Gasteiger partial charge in [0, 0.05) is 12.2 Å². The molecule has 1 aromatic rings. The van der Waals surface area contributed by atoms with Crippen molar-refractivity contribution in [3.8, 4) is 0 Å². The number of thioether (sulfide) groups is 1. The third-order valence-electron chi connectivity index (χ3n) is 2.35. The molecular weight excluding hydrogens is 194 g/mol. The van der Waals surface area contributed by atoms with Crippen molar-refractivity contribution < 1.29 is 0 Å². The van der Waals surface area contributed by atoms with Crippen molar-refractivity contribution in [3.05, 3.63) is 23.3 Å². The Labute approximate surface area is 88.5 Å². The second-order valence-electron chi connectivity index (χ2n) is 3.56. The summed E-state index contributed by atoms with van der Waals surface area (Å²) in [7, 11) is 0. The number of aryl methyl sites for hydroxylation is 1. The van der Waals surface area contributed by atoms with Crippen molar-refractivity contribution in [3.63, 3.8) is 0 Å². The summed E-state index contributed by atoms with van der Waals surface area (Å²) in [4.78, 5) is 8.95. The summed E-state index contributed by atoms with van der Waals surface area (Å²) >= 11 is 1.96. The second kappa shape index (κ2) is 4.28. The molecule has 0 aliphatic carbocycles. The van der Waals surface area contributed by atoms with E-state index in [-0.39, 0.29) is 0 Å². The Balaban J connectivity index is 2.27. The summed E-state index contributed by atoms with van der Waals surface area (Å²) in [6, 6.07) is 1.96. The van der Waals surface area contributed by atoms with Gasteiger partial charge in [0.05, 0.1) is 10.9 Å². The van der Waals surface area contributed by atoms with Gasteiger partial charge >= 0.3 is 0 Å². The van der Waals surface area contributed by atoms with E-state index in [4.69, 9.17) is 5.73 Å². The summed E-state index contributed by atoms with van der Waals surface area (Å²) in [6.07, 6.45) is 2.49. The maximum absolute atomic E-state index is 5.59. The molecule has 2 heterocycles. The van der Waals surface area contributed by atoms with Gasteiger partial charge in [-0.2, -0.15) is 11.8 Å². The lowest BCUT2D eigenvalue weighted by Gasteiger charge is -2.09. The van der Waals surface area contributed by atoms with Gasteiger partial charge in [0.25, 0.3) is 0 Å². The normalized spacial score (nSPS) is 21.4. The monoisotopic (exact) mass is 209 g/mol. The Morgan fingerprint density at radius 2 is 2.43 bits per heavy atom. The zero-order chi connectivity index (χ0) is 9.97. The van der Waals surface area contributed by atoms with Gasteiger partial charge in [-0.15, -0.1) is 0 Å². The number of hydrogen-bond donors (Lipinski definition) is 1. The molecule has 0 radical (unpaired) electrons. The highest BCUT2D eigenvalue weighted by molar-refractivity contribution is 7.99. The molecule has 4 heteroatoms. The van der Waals surface area contributed by atoms with Gasteiger partial charge in [0.15, 0.2) is 0 Å². The van der Waals surface area contributed by atoms with Crippen molar-refractivity contribution in [2.75, 3.05) is 5.75 Å². The van der Waals surface area contributed by atoms with Crippen LogP contribution in [0.25, 0.3) is 0 Å². The van der Waals surface area contributed by atoms with E-state index in [9.17, 15) is 0 Å². The number of rotatable bonds is 2. The van der Waals surface area contributed by atoms with Crippen molar-refractivity contribution >= 4 is 11.8 Å². The molecule has 1 saturated heterocycles. The highest BCUT2D eigenvalue weighted by atomic mass is 32.2. The lowest BCUT2D eigenvalue weighted by molar-refractivity contribution is 0.757. The van der Waals surface area contributed by atoms with Crippen LogP contribution in [0.1, 0.15) is 35.3 Å². The van der Waals surface area contributed by atoms with E-state index < -0.39 is 0 Å². The van der Waals surface area contributed by atoms with Crippen LogP contribution in [0.15, 0.2) is 6.07 Å². The van der Waals surface area contributed by atoms with E-state index in [2.05, 4.69) is 9.97 Å². The largest absolute Gasteiger partial charge is 0.325 e. The van der Waals surface area contributed by atoms with Crippen molar-refractivity contribution in [2.24, 2.45) is 5.73 Å². The van der Waals surface area contributed by atoms with Crippen LogP contribution in [0.4, 0.5) is 0 Å². The standard InChI is InChI=1S/C10H15N3S/c1-7-5-8(6-11)13-10(12-7)9-3-2-4-14-9/h5,9H,2-4,6,11H2,1H3. The molecule has 76 valence electrons. The molecule has 0 aromatic carbocycles. The van der Waals surface area contributed by atoms with Crippen LogP contribution < -0.4 is 5.73 Å². The first kappa shape index (κ1) is 9.93. The topological polar surface area (TPSA) is 51.8 Å². The third kappa shape index (κ3) is 2.07. The van der Waals surface area contributed by atoms with Crippen LogP contribution in [-0.4, -0.2) is 15.7 Å². The van der Waals surface area contributed by atoms with Crippen LogP contribution in [-0.2, 0) is 6.54 Å². The van der Waals surface area contributed by atoms with Crippen molar-refractivity contribution in [2.45, 2.75) is 31.6 Å². The summed E-state index contributed by atoms with van der Waals surface area (Å²) < 4.78 is 0. The summed E-state index contributed by atoms with van der Waals surface area (Å²) in [5, 5.41) is 0.500. The van der Waals surface area contributed by atoms with Gasteiger partial charge in [-0.3, -0.25) is 0 Å². The predicted molar refractivity (Wildman–Crippen MR) is 59.1 cm³/mol. The second-order valence-corrected chi connectivity index (χ2v) is 4.88. The zero-order valence-corrected chi connectivity index (χ0v) is 9.18. The van der Waals surface area contributed by atoms with E-state index in [1.54, 1.807) is 0 Å². The van der Waals surface area contributed by atoms with E-state index >= 15 is 0 Å². The minimum atomic E-state index is 0.500. The summed E-state index contributed by atoms with van der Waals surface area (Å²) in [5.74, 6) is 2.22. The minimum absolute atomic E-state index is 0.500. The molecule has 1 aliphatic heterocycles. The average molecular weight is 209 g/mol. The van der Waals surface area contributed by atoms with Crippen LogP contribution >= 0.6 is 11.8 Å². The Kier molecular flexibility index (Phi) is 3.03. The molecular formula is C10H15N3S. The molecule has 1 aliphatic rings. The van der Waals surface area contributed by atoms with Crippen LogP contribution in [0.3, 0.4) is 0 Å². The quantitative estimate of drug-likeness (QED) is 0.807. The van der Waals surface area contributed by atoms with Crippen LogP contribution in [0.5, 0.6) is 0 Å². The predicted octanol–water partition coefficient (Wildman–Crippen LogP) is 1.81. The van der Waals surface area contributed by atoms with Gasteiger partial charge in [0.2, 0.25) is 0 Å². The Morgan fingerprint density at radius 3 is 3.07 bits per heavy atom. The molecule has 1 fully saturated rings. The van der Waals surface area contributed by atoms with E-state index in [1.807, 2.05) is 24.8 Å². The van der Waals surface area contributed by atoms with Crippen molar-refractivity contribution in [1.82, 2.24) is 9.97 Å². The number of aromatic nitrogens is 2. The highest BCUT2D eigenvalue weighted by Gasteiger charge is 2.20. The fourth-order valence-corrected chi connectivity index (χ4v) is 2.89. The molecule has 1 unspecified atom stereocenters. The summed E-state index contributed by atoms with van der Waals surface area (Å²) in [6.45, 7) is 2.51. The van der Waals surface area contributed by atoms with Gasteiger partial charge in [-0.05, 0) is 31.6 Å². The number of nitrogens with two attached hydrogens (primary N) is 1. The lowest BCUT2D eigenvalue weighted by Crippen LogP contribution is -2.07. The SMILES string of the molecule is Cc1cc(CN)nc(C2CCCS2)n1. The van der Waals surface area contributed by atoms with Crippen LogP contribution in [0.2, 0.25) is 0 Å². The Hall–Kier alpha value is -0.610. The molecule has 2 rings (SSSR count). The fraction of sp³-hybridized carbons (Fsp3) is 0.600. The molecule has 2 N–H and O–H groups in total. The third-order valence-corrected chi connectivity index (χ3v) is 3.72. The highest BCUT2D eigenvalue weighted by Crippen LogP contribution is 2.38. The fourth-order valence-electron chi connectivity index (χ4n) is 1.69. The maximum Gasteiger partial charge on any atom is 0.141 e. The van der Waals surface area contributed by atoms with Crippen LogP contribution in [0, 0.1) is 6.92 Å². The molecule has 3 nitrogen and oxygen atoms in total. The molecule has 0 saturated carbocycles. The molecule has 0 bridgehead atoms. The molecule has 14 heavy (non-hydrogen) atoms. The number of hydrogen-bond acceptors (Lipinski definition) is 4. The van der Waals surface area contributed by atoms with E-state index in [1.165, 1.54) is 18.6 Å². The Bertz CT molecular complexity index is 321. The smallest absolute Gasteiger partial charge is 0.141 e.